The molecule has 1 aromatic carbocycles. The van der Waals surface area contributed by atoms with Crippen molar-refractivity contribution < 1.29 is 12.8 Å². The molecule has 1 fully saturated rings. The van der Waals surface area contributed by atoms with Crippen LogP contribution >= 0.6 is 31.9 Å². The van der Waals surface area contributed by atoms with Crippen LogP contribution in [-0.2, 0) is 16.3 Å². The van der Waals surface area contributed by atoms with Crippen molar-refractivity contribution in [2.45, 2.75) is 12.8 Å². The maximum absolute atomic E-state index is 13.1. The minimum absolute atomic E-state index is 0.196. The van der Waals surface area contributed by atoms with Crippen LogP contribution in [0.25, 0.3) is 0 Å². The molecule has 2 atom stereocenters. The van der Waals surface area contributed by atoms with Gasteiger partial charge < -0.3 is 0 Å². The van der Waals surface area contributed by atoms with E-state index in [1.54, 1.807) is 6.07 Å². The molecule has 2 rings (SSSR count). The van der Waals surface area contributed by atoms with Crippen LogP contribution in [0.4, 0.5) is 4.39 Å². The summed E-state index contributed by atoms with van der Waals surface area (Å²) in [5.41, 5.74) is 1.02. The maximum Gasteiger partial charge on any atom is 0.150 e. The van der Waals surface area contributed by atoms with Gasteiger partial charge in [-0.1, -0.05) is 37.9 Å². The number of benzene rings is 1. The molecule has 2 unspecified atom stereocenters. The number of halogens is 3. The number of hydrogen-bond acceptors (Lipinski definition) is 2. The van der Waals surface area contributed by atoms with Crippen molar-refractivity contribution in [3.05, 3.63) is 34.1 Å². The molecule has 2 nitrogen and oxygen atoms in total. The molecule has 0 N–H and O–H groups in total. The lowest BCUT2D eigenvalue weighted by molar-refractivity contribution is 0.401. The lowest BCUT2D eigenvalue weighted by atomic mass is 9.88. The monoisotopic (exact) mass is 412 g/mol. The normalized spacial score (nSPS) is 23.4. The molecule has 0 bridgehead atoms. The predicted octanol–water partition coefficient (Wildman–Crippen LogP) is 3.58. The average molecular weight is 414 g/mol. The van der Waals surface area contributed by atoms with Crippen LogP contribution in [0.2, 0.25) is 0 Å². The first-order valence-corrected chi connectivity index (χ1v) is 9.85. The fourth-order valence-corrected chi connectivity index (χ4v) is 5.70. The Hall–Kier alpha value is 0.0600. The summed E-state index contributed by atoms with van der Waals surface area (Å²) in [6.45, 7) is 0. The minimum atomic E-state index is -2.85. The SMILES string of the molecule is O=S1(=O)CCC(C(CBr)Cc2ccc(F)cc2Br)C1. The van der Waals surface area contributed by atoms with Gasteiger partial charge in [0.2, 0.25) is 0 Å². The third-order valence-electron chi connectivity index (χ3n) is 3.63. The van der Waals surface area contributed by atoms with E-state index >= 15 is 0 Å². The summed E-state index contributed by atoms with van der Waals surface area (Å²) in [5, 5.41) is 0.761. The smallest absolute Gasteiger partial charge is 0.150 e. The second kappa shape index (κ2) is 6.22. The molecule has 6 heteroatoms. The maximum atomic E-state index is 13.1. The van der Waals surface area contributed by atoms with Gasteiger partial charge in [0.15, 0.2) is 9.84 Å². The van der Waals surface area contributed by atoms with E-state index in [1.807, 2.05) is 0 Å². The molecule has 1 heterocycles. The van der Waals surface area contributed by atoms with E-state index in [4.69, 9.17) is 0 Å². The van der Waals surface area contributed by atoms with E-state index in [-0.39, 0.29) is 23.4 Å². The second-order valence-electron chi connectivity index (χ2n) is 5.02. The third kappa shape index (κ3) is 4.02. The van der Waals surface area contributed by atoms with Crippen LogP contribution in [0, 0.1) is 17.7 Å². The largest absolute Gasteiger partial charge is 0.229 e. The molecule has 0 aromatic heterocycles. The first kappa shape index (κ1) is 15.4. The van der Waals surface area contributed by atoms with Gasteiger partial charge in [0, 0.05) is 9.80 Å². The van der Waals surface area contributed by atoms with E-state index in [0.29, 0.717) is 5.75 Å². The minimum Gasteiger partial charge on any atom is -0.229 e. The zero-order chi connectivity index (χ0) is 14.0. The molecule has 106 valence electrons. The molecule has 0 aliphatic carbocycles. The molecule has 0 radical (unpaired) electrons. The van der Waals surface area contributed by atoms with Crippen molar-refractivity contribution in [1.82, 2.24) is 0 Å². The lowest BCUT2D eigenvalue weighted by Gasteiger charge is -2.20. The van der Waals surface area contributed by atoms with E-state index in [0.717, 1.165) is 28.2 Å². The van der Waals surface area contributed by atoms with Gasteiger partial charge in [0.25, 0.3) is 0 Å². The Morgan fingerprint density at radius 3 is 2.68 bits per heavy atom. The Morgan fingerprint density at radius 1 is 1.42 bits per heavy atom. The fourth-order valence-electron chi connectivity index (χ4n) is 2.51. The molecule has 0 spiro atoms. The van der Waals surface area contributed by atoms with E-state index < -0.39 is 9.84 Å². The standard InChI is InChI=1S/C13H15Br2FO2S/c14-7-11(10-3-4-19(17,18)8-10)5-9-1-2-12(16)6-13(9)15/h1-2,6,10-11H,3-5,7-8H2. The zero-order valence-corrected chi connectivity index (χ0v) is 14.3. The lowest BCUT2D eigenvalue weighted by Crippen LogP contribution is -2.20. The Kier molecular flexibility index (Phi) is 5.06. The molecule has 0 saturated carbocycles. The molecule has 1 aliphatic heterocycles. The highest BCUT2D eigenvalue weighted by molar-refractivity contribution is 9.10. The number of rotatable bonds is 4. The Labute approximate surface area is 130 Å². The first-order valence-electron chi connectivity index (χ1n) is 6.11. The van der Waals surface area contributed by atoms with Crippen molar-refractivity contribution in [2.75, 3.05) is 16.8 Å². The summed E-state index contributed by atoms with van der Waals surface area (Å²) < 4.78 is 36.9. The number of alkyl halides is 1. The summed E-state index contributed by atoms with van der Waals surface area (Å²) in [4.78, 5) is 0. The van der Waals surface area contributed by atoms with Gasteiger partial charge in [-0.3, -0.25) is 0 Å². The van der Waals surface area contributed by atoms with Gasteiger partial charge in [-0.05, 0) is 42.4 Å². The van der Waals surface area contributed by atoms with Crippen LogP contribution in [0.1, 0.15) is 12.0 Å². The molecular formula is C13H15Br2FO2S. The topological polar surface area (TPSA) is 34.1 Å². The summed E-state index contributed by atoms with van der Waals surface area (Å²) in [6.07, 6.45) is 1.49. The third-order valence-corrected chi connectivity index (χ3v) is 6.99. The molecule has 19 heavy (non-hydrogen) atoms. The highest BCUT2D eigenvalue weighted by Crippen LogP contribution is 2.31. The van der Waals surface area contributed by atoms with Gasteiger partial charge in [0.05, 0.1) is 11.5 Å². The van der Waals surface area contributed by atoms with Crippen LogP contribution in [0.5, 0.6) is 0 Å². The Morgan fingerprint density at radius 2 is 2.16 bits per heavy atom. The average Bonchev–Trinajstić information content (AvgIpc) is 2.69. The summed E-state index contributed by atoms with van der Waals surface area (Å²) >= 11 is 6.84. The highest BCUT2D eigenvalue weighted by Gasteiger charge is 2.33. The summed E-state index contributed by atoms with van der Waals surface area (Å²) in [6, 6.07) is 4.65. The fraction of sp³-hybridized carbons (Fsp3) is 0.538. The van der Waals surface area contributed by atoms with Crippen LogP contribution in [0.15, 0.2) is 22.7 Å². The van der Waals surface area contributed by atoms with E-state index in [9.17, 15) is 12.8 Å². The van der Waals surface area contributed by atoms with Gasteiger partial charge in [-0.25, -0.2) is 12.8 Å². The molecule has 1 aromatic rings. The molecule has 1 saturated heterocycles. The number of sulfone groups is 1. The van der Waals surface area contributed by atoms with Gasteiger partial charge in [0.1, 0.15) is 5.82 Å². The summed E-state index contributed by atoms with van der Waals surface area (Å²) in [5.74, 6) is 0.767. The molecule has 1 aliphatic rings. The number of hydrogen-bond donors (Lipinski definition) is 0. The highest BCUT2D eigenvalue weighted by atomic mass is 79.9. The first-order chi connectivity index (χ1) is 8.91. The summed E-state index contributed by atoms with van der Waals surface area (Å²) in [7, 11) is -2.85. The van der Waals surface area contributed by atoms with Crippen LogP contribution in [-0.4, -0.2) is 25.3 Å². The zero-order valence-electron chi connectivity index (χ0n) is 10.3. The molecular weight excluding hydrogens is 399 g/mol. The van der Waals surface area contributed by atoms with Gasteiger partial charge in [-0.2, -0.15) is 0 Å². The van der Waals surface area contributed by atoms with Gasteiger partial charge in [-0.15, -0.1) is 0 Å². The van der Waals surface area contributed by atoms with E-state index in [2.05, 4.69) is 31.9 Å². The van der Waals surface area contributed by atoms with E-state index in [1.165, 1.54) is 12.1 Å². The van der Waals surface area contributed by atoms with Crippen LogP contribution < -0.4 is 0 Å². The predicted molar refractivity (Wildman–Crippen MR) is 81.8 cm³/mol. The van der Waals surface area contributed by atoms with Crippen molar-refractivity contribution in [3.8, 4) is 0 Å². The van der Waals surface area contributed by atoms with Crippen molar-refractivity contribution >= 4 is 41.7 Å². The van der Waals surface area contributed by atoms with Crippen molar-refractivity contribution in [3.63, 3.8) is 0 Å². The Bertz CT molecular complexity index is 560. The quantitative estimate of drug-likeness (QED) is 0.707. The Balaban J connectivity index is 2.11. The van der Waals surface area contributed by atoms with Gasteiger partial charge >= 0.3 is 0 Å². The van der Waals surface area contributed by atoms with Crippen LogP contribution in [0.3, 0.4) is 0 Å². The second-order valence-corrected chi connectivity index (χ2v) is 8.75. The van der Waals surface area contributed by atoms with Crippen molar-refractivity contribution in [1.29, 1.82) is 0 Å². The molecule has 0 amide bonds. The van der Waals surface area contributed by atoms with Crippen molar-refractivity contribution in [2.24, 2.45) is 11.8 Å².